The van der Waals surface area contributed by atoms with Gasteiger partial charge in [-0.05, 0) is 55.7 Å². The molecule has 0 saturated heterocycles. The lowest BCUT2D eigenvalue weighted by Crippen LogP contribution is -2.42. The molecule has 1 aliphatic rings. The minimum atomic E-state index is -2.52. The highest BCUT2D eigenvalue weighted by Crippen LogP contribution is 2.28. The zero-order valence-electron chi connectivity index (χ0n) is 14.7. The number of nitrogens with zero attached hydrogens (tertiary/aromatic N) is 1. The lowest BCUT2D eigenvalue weighted by atomic mass is 10.0. The number of para-hydroxylation sites is 1. The third-order valence-corrected chi connectivity index (χ3v) is 5.05. The standard InChI is InChI=1S/C20H19F2NO3S/c1-13(18(24)23-12-4-6-14-5-2-3-7-17(14)23)26-19(25)15-8-10-16(11-9-15)27-20(21)22/h2-3,5,7-11,13,20H,4,6,12H2,1H3. The van der Waals surface area contributed by atoms with Crippen molar-refractivity contribution in [1.29, 1.82) is 0 Å². The minimum absolute atomic E-state index is 0.215. The Morgan fingerprint density at radius 1 is 1.11 bits per heavy atom. The summed E-state index contributed by atoms with van der Waals surface area (Å²) in [6, 6.07) is 13.4. The van der Waals surface area contributed by atoms with Gasteiger partial charge in [0.15, 0.2) is 6.10 Å². The first-order valence-corrected chi connectivity index (χ1v) is 9.49. The smallest absolute Gasteiger partial charge is 0.338 e. The van der Waals surface area contributed by atoms with Gasteiger partial charge in [0.25, 0.3) is 11.7 Å². The Kier molecular flexibility index (Phi) is 6.11. The highest BCUT2D eigenvalue weighted by atomic mass is 32.2. The second-order valence-corrected chi connectivity index (χ2v) is 7.24. The van der Waals surface area contributed by atoms with Gasteiger partial charge in [-0.2, -0.15) is 8.78 Å². The van der Waals surface area contributed by atoms with Crippen molar-refractivity contribution in [3.8, 4) is 0 Å². The molecule has 1 aliphatic heterocycles. The van der Waals surface area contributed by atoms with E-state index in [1.807, 2.05) is 24.3 Å². The number of halogens is 2. The van der Waals surface area contributed by atoms with Gasteiger partial charge in [0.05, 0.1) is 5.56 Å². The number of esters is 1. The third kappa shape index (κ3) is 4.66. The molecule has 0 bridgehead atoms. The van der Waals surface area contributed by atoms with E-state index in [4.69, 9.17) is 4.74 Å². The molecule has 27 heavy (non-hydrogen) atoms. The third-order valence-electron chi connectivity index (χ3n) is 4.32. The maximum atomic E-state index is 12.8. The molecule has 0 saturated carbocycles. The fourth-order valence-corrected chi connectivity index (χ4v) is 3.53. The van der Waals surface area contributed by atoms with Crippen LogP contribution < -0.4 is 4.90 Å². The van der Waals surface area contributed by atoms with Crippen molar-refractivity contribution < 1.29 is 23.1 Å². The van der Waals surface area contributed by atoms with E-state index in [-0.39, 0.29) is 11.5 Å². The van der Waals surface area contributed by atoms with E-state index in [1.54, 1.807) is 11.8 Å². The summed E-state index contributed by atoms with van der Waals surface area (Å²) in [6.45, 7) is 2.12. The van der Waals surface area contributed by atoms with Crippen LogP contribution in [0.25, 0.3) is 0 Å². The summed E-state index contributed by atoms with van der Waals surface area (Å²) in [5, 5.41) is 0. The van der Waals surface area contributed by atoms with Crippen LogP contribution in [0.2, 0.25) is 0 Å². The minimum Gasteiger partial charge on any atom is -0.449 e. The lowest BCUT2D eigenvalue weighted by Gasteiger charge is -2.31. The van der Waals surface area contributed by atoms with Crippen molar-refractivity contribution in [2.75, 3.05) is 11.4 Å². The van der Waals surface area contributed by atoms with Crippen molar-refractivity contribution in [3.05, 3.63) is 59.7 Å². The number of hydrogen-bond donors (Lipinski definition) is 0. The number of hydrogen-bond acceptors (Lipinski definition) is 4. The van der Waals surface area contributed by atoms with E-state index in [0.29, 0.717) is 23.2 Å². The average molecular weight is 391 g/mol. The molecule has 4 nitrogen and oxygen atoms in total. The summed E-state index contributed by atoms with van der Waals surface area (Å²) in [4.78, 5) is 27.0. The van der Waals surface area contributed by atoms with E-state index < -0.39 is 17.8 Å². The van der Waals surface area contributed by atoms with Crippen LogP contribution in [0.4, 0.5) is 14.5 Å². The fourth-order valence-electron chi connectivity index (χ4n) is 3.03. The molecule has 1 amide bonds. The monoisotopic (exact) mass is 391 g/mol. The number of rotatable bonds is 5. The maximum absolute atomic E-state index is 12.8. The second-order valence-electron chi connectivity index (χ2n) is 6.17. The van der Waals surface area contributed by atoms with E-state index in [9.17, 15) is 18.4 Å². The predicted octanol–water partition coefficient (Wildman–Crippen LogP) is 4.53. The largest absolute Gasteiger partial charge is 0.449 e. The molecular weight excluding hydrogens is 372 g/mol. The van der Waals surface area contributed by atoms with Gasteiger partial charge in [0, 0.05) is 17.1 Å². The summed E-state index contributed by atoms with van der Waals surface area (Å²) in [5.41, 5.74) is 2.17. The molecule has 3 rings (SSSR count). The summed E-state index contributed by atoms with van der Waals surface area (Å²) in [6.07, 6.45) is 0.822. The van der Waals surface area contributed by atoms with Gasteiger partial charge in [-0.1, -0.05) is 30.0 Å². The molecule has 142 valence electrons. The van der Waals surface area contributed by atoms with Crippen LogP contribution in [0.1, 0.15) is 29.3 Å². The molecular formula is C20H19F2NO3S. The topological polar surface area (TPSA) is 46.6 Å². The highest BCUT2D eigenvalue weighted by molar-refractivity contribution is 7.99. The zero-order valence-corrected chi connectivity index (χ0v) is 15.5. The number of amides is 1. The molecule has 2 aromatic carbocycles. The maximum Gasteiger partial charge on any atom is 0.338 e. The van der Waals surface area contributed by atoms with Crippen LogP contribution in [0, 0.1) is 0 Å². The Labute approximate surface area is 160 Å². The number of aryl methyl sites for hydroxylation is 1. The van der Waals surface area contributed by atoms with Crippen LogP contribution in [-0.2, 0) is 16.0 Å². The van der Waals surface area contributed by atoms with Crippen molar-refractivity contribution in [2.45, 2.75) is 36.5 Å². The molecule has 0 spiro atoms. The van der Waals surface area contributed by atoms with Crippen LogP contribution in [0.5, 0.6) is 0 Å². The van der Waals surface area contributed by atoms with E-state index >= 15 is 0 Å². The van der Waals surface area contributed by atoms with Crippen LogP contribution in [0.15, 0.2) is 53.4 Å². The number of ether oxygens (including phenoxy) is 1. The first-order chi connectivity index (χ1) is 13.0. The summed E-state index contributed by atoms with van der Waals surface area (Å²) >= 11 is 0.404. The molecule has 7 heteroatoms. The Hall–Kier alpha value is -2.41. The number of carbonyl (C=O) groups excluding carboxylic acids is 2. The van der Waals surface area contributed by atoms with Crippen molar-refractivity contribution in [2.24, 2.45) is 0 Å². The van der Waals surface area contributed by atoms with Crippen molar-refractivity contribution >= 4 is 29.3 Å². The number of anilines is 1. The zero-order chi connectivity index (χ0) is 19.4. The quantitative estimate of drug-likeness (QED) is 0.555. The van der Waals surface area contributed by atoms with E-state index in [2.05, 4.69) is 0 Å². The number of benzene rings is 2. The van der Waals surface area contributed by atoms with Gasteiger partial charge in [0.2, 0.25) is 0 Å². The lowest BCUT2D eigenvalue weighted by molar-refractivity contribution is -0.126. The first-order valence-electron chi connectivity index (χ1n) is 8.61. The Morgan fingerprint density at radius 3 is 2.52 bits per heavy atom. The van der Waals surface area contributed by atoms with Gasteiger partial charge in [-0.15, -0.1) is 0 Å². The number of fused-ring (bicyclic) bond motifs is 1. The van der Waals surface area contributed by atoms with Gasteiger partial charge < -0.3 is 9.64 Å². The van der Waals surface area contributed by atoms with Crippen molar-refractivity contribution in [1.82, 2.24) is 0 Å². The molecule has 1 unspecified atom stereocenters. The summed E-state index contributed by atoms with van der Waals surface area (Å²) < 4.78 is 30.0. The average Bonchev–Trinajstić information content (AvgIpc) is 2.67. The molecule has 0 radical (unpaired) electrons. The van der Waals surface area contributed by atoms with Gasteiger partial charge in [0.1, 0.15) is 0 Å². The molecule has 0 aliphatic carbocycles. The number of carbonyl (C=O) groups is 2. The van der Waals surface area contributed by atoms with Crippen LogP contribution in [0.3, 0.4) is 0 Å². The summed E-state index contributed by atoms with van der Waals surface area (Å²) in [5.74, 6) is -3.46. The van der Waals surface area contributed by atoms with E-state index in [1.165, 1.54) is 24.3 Å². The molecule has 0 N–H and O–H groups in total. The Morgan fingerprint density at radius 2 is 1.81 bits per heavy atom. The molecule has 0 fully saturated rings. The molecule has 1 atom stereocenters. The Bertz CT molecular complexity index is 826. The SMILES string of the molecule is CC(OC(=O)c1ccc(SC(F)F)cc1)C(=O)N1CCCc2ccccc21. The summed E-state index contributed by atoms with van der Waals surface area (Å²) in [7, 11) is 0. The van der Waals surface area contributed by atoms with E-state index in [0.717, 1.165) is 24.1 Å². The second kappa shape index (κ2) is 8.52. The number of thioether (sulfide) groups is 1. The van der Waals surface area contributed by atoms with Crippen LogP contribution in [-0.4, -0.2) is 30.3 Å². The van der Waals surface area contributed by atoms with Crippen LogP contribution >= 0.6 is 11.8 Å². The van der Waals surface area contributed by atoms with Gasteiger partial charge in [-0.25, -0.2) is 4.79 Å². The predicted molar refractivity (Wildman–Crippen MR) is 100 cm³/mol. The van der Waals surface area contributed by atoms with Gasteiger partial charge >= 0.3 is 5.97 Å². The number of alkyl halides is 2. The Balaban J connectivity index is 1.65. The van der Waals surface area contributed by atoms with Crippen molar-refractivity contribution in [3.63, 3.8) is 0 Å². The highest BCUT2D eigenvalue weighted by Gasteiger charge is 2.28. The molecule has 1 heterocycles. The van der Waals surface area contributed by atoms with Gasteiger partial charge in [-0.3, -0.25) is 4.79 Å². The molecule has 0 aromatic heterocycles. The normalized spacial score (nSPS) is 14.6. The fraction of sp³-hybridized carbons (Fsp3) is 0.300. The first kappa shape index (κ1) is 19.4. The molecule has 2 aromatic rings.